The Morgan fingerprint density at radius 1 is 1.04 bits per heavy atom. The molecule has 0 aliphatic rings. The number of halogens is 4. The van der Waals surface area contributed by atoms with Gasteiger partial charge in [-0.25, -0.2) is 4.98 Å². The molecule has 0 radical (unpaired) electrons. The van der Waals surface area contributed by atoms with E-state index in [1.165, 1.54) is 18.5 Å². The van der Waals surface area contributed by atoms with E-state index < -0.39 is 11.7 Å². The lowest BCUT2D eigenvalue weighted by molar-refractivity contribution is -0.137. The Labute approximate surface area is 153 Å². The molecule has 0 aliphatic heterocycles. The monoisotopic (exact) mass is 381 g/mol. The third kappa shape index (κ3) is 4.83. The molecule has 3 rings (SSSR count). The molecule has 2 aromatic carbocycles. The summed E-state index contributed by atoms with van der Waals surface area (Å²) in [5, 5.41) is 4.67. The molecule has 0 fully saturated rings. The van der Waals surface area contributed by atoms with Crippen LogP contribution >= 0.6 is 11.6 Å². The normalized spacial score (nSPS) is 12.9. The zero-order chi connectivity index (χ0) is 18.6. The van der Waals surface area contributed by atoms with Gasteiger partial charge in [-0.05, 0) is 35.4 Å². The molecule has 0 amide bonds. The molecule has 1 atom stereocenters. The average Bonchev–Trinajstić information content (AvgIpc) is 3.12. The van der Waals surface area contributed by atoms with Crippen molar-refractivity contribution in [3.05, 3.63) is 82.9 Å². The lowest BCUT2D eigenvalue weighted by Crippen LogP contribution is -2.13. The molecule has 26 heavy (non-hydrogen) atoms. The van der Waals surface area contributed by atoms with E-state index >= 15 is 0 Å². The molecule has 4 nitrogen and oxygen atoms in total. The van der Waals surface area contributed by atoms with E-state index in [1.54, 1.807) is 23.1 Å². The number of ether oxygens (including phenoxy) is 1. The number of alkyl halides is 3. The SMILES string of the molecule is FC(F)(F)c1ccc(COC(Cn2cncn2)c2ccc(Cl)cc2)cc1. The van der Waals surface area contributed by atoms with Crippen LogP contribution in [0.25, 0.3) is 0 Å². The van der Waals surface area contributed by atoms with Gasteiger partial charge in [0.05, 0.1) is 18.7 Å². The van der Waals surface area contributed by atoms with Crippen LogP contribution in [-0.4, -0.2) is 14.8 Å². The van der Waals surface area contributed by atoms with Gasteiger partial charge in [-0.3, -0.25) is 4.68 Å². The van der Waals surface area contributed by atoms with Crippen LogP contribution in [0.3, 0.4) is 0 Å². The van der Waals surface area contributed by atoms with Gasteiger partial charge in [0.1, 0.15) is 18.8 Å². The first-order valence-electron chi connectivity index (χ1n) is 7.77. The number of hydrogen-bond donors (Lipinski definition) is 0. The summed E-state index contributed by atoms with van der Waals surface area (Å²) in [4.78, 5) is 3.90. The number of rotatable bonds is 6. The van der Waals surface area contributed by atoms with Crippen LogP contribution in [0.1, 0.15) is 22.8 Å². The van der Waals surface area contributed by atoms with Gasteiger partial charge < -0.3 is 4.74 Å². The van der Waals surface area contributed by atoms with E-state index in [2.05, 4.69) is 10.1 Å². The molecule has 1 unspecified atom stereocenters. The largest absolute Gasteiger partial charge is 0.416 e. The van der Waals surface area contributed by atoms with Crippen molar-refractivity contribution in [3.8, 4) is 0 Å². The third-order valence-corrected chi connectivity index (χ3v) is 4.05. The molecule has 136 valence electrons. The number of aromatic nitrogens is 3. The van der Waals surface area contributed by atoms with Gasteiger partial charge >= 0.3 is 6.18 Å². The molecule has 8 heteroatoms. The summed E-state index contributed by atoms with van der Waals surface area (Å²) in [5.74, 6) is 0. The van der Waals surface area contributed by atoms with Crippen LogP contribution < -0.4 is 0 Å². The number of nitrogens with zero attached hydrogens (tertiary/aromatic N) is 3. The van der Waals surface area contributed by atoms with E-state index in [-0.39, 0.29) is 12.7 Å². The van der Waals surface area contributed by atoms with Crippen molar-refractivity contribution in [2.75, 3.05) is 0 Å². The second-order valence-electron chi connectivity index (χ2n) is 5.66. The van der Waals surface area contributed by atoms with Crippen LogP contribution in [0.5, 0.6) is 0 Å². The van der Waals surface area contributed by atoms with Crippen molar-refractivity contribution in [1.82, 2.24) is 14.8 Å². The standard InChI is InChI=1S/C18H15ClF3N3O/c19-16-7-3-14(4-8-16)17(9-25-12-23-11-24-25)26-10-13-1-5-15(6-2-13)18(20,21)22/h1-8,11-12,17H,9-10H2. The van der Waals surface area contributed by atoms with E-state index in [1.807, 2.05) is 12.1 Å². The van der Waals surface area contributed by atoms with Gasteiger partial charge in [-0.2, -0.15) is 18.3 Å². The highest BCUT2D eigenvalue weighted by Gasteiger charge is 2.29. The Morgan fingerprint density at radius 3 is 2.31 bits per heavy atom. The van der Waals surface area contributed by atoms with Gasteiger partial charge in [0.25, 0.3) is 0 Å². The molecule has 1 heterocycles. The molecule has 0 spiro atoms. The Hall–Kier alpha value is -2.38. The van der Waals surface area contributed by atoms with E-state index in [0.29, 0.717) is 17.1 Å². The van der Waals surface area contributed by atoms with Gasteiger partial charge in [0, 0.05) is 5.02 Å². The Morgan fingerprint density at radius 2 is 1.73 bits per heavy atom. The summed E-state index contributed by atoms with van der Waals surface area (Å²) in [7, 11) is 0. The van der Waals surface area contributed by atoms with Crippen LogP contribution in [0.4, 0.5) is 13.2 Å². The molecule has 1 aromatic heterocycles. The number of hydrogen-bond acceptors (Lipinski definition) is 3. The summed E-state index contributed by atoms with van der Waals surface area (Å²) in [6.45, 7) is 0.586. The van der Waals surface area contributed by atoms with E-state index in [0.717, 1.165) is 17.7 Å². The molecule has 0 saturated heterocycles. The lowest BCUT2D eigenvalue weighted by atomic mass is 10.1. The fourth-order valence-corrected chi connectivity index (χ4v) is 2.54. The van der Waals surface area contributed by atoms with Crippen LogP contribution in [0, 0.1) is 0 Å². The summed E-state index contributed by atoms with van der Waals surface area (Å²) in [6, 6.07) is 12.1. The molecule has 0 saturated carbocycles. The second kappa shape index (κ2) is 7.88. The molecule has 0 aliphatic carbocycles. The van der Waals surface area contributed by atoms with E-state index in [4.69, 9.17) is 16.3 Å². The topological polar surface area (TPSA) is 39.9 Å². The van der Waals surface area contributed by atoms with Crippen molar-refractivity contribution in [3.63, 3.8) is 0 Å². The van der Waals surface area contributed by atoms with Gasteiger partial charge in [0.2, 0.25) is 0 Å². The smallest absolute Gasteiger partial charge is 0.367 e. The predicted octanol–water partition coefficient (Wildman–Crippen LogP) is 4.91. The van der Waals surface area contributed by atoms with Crippen LogP contribution in [0.2, 0.25) is 5.02 Å². The minimum absolute atomic E-state index is 0.167. The molecule has 0 N–H and O–H groups in total. The fraction of sp³-hybridized carbons (Fsp3) is 0.222. The van der Waals surface area contributed by atoms with Crippen LogP contribution in [-0.2, 0) is 24.1 Å². The summed E-state index contributed by atoms with van der Waals surface area (Å²) < 4.78 is 45.5. The highest BCUT2D eigenvalue weighted by molar-refractivity contribution is 6.30. The fourth-order valence-electron chi connectivity index (χ4n) is 2.42. The van der Waals surface area contributed by atoms with Gasteiger partial charge in [-0.1, -0.05) is 35.9 Å². The summed E-state index contributed by atoms with van der Waals surface area (Å²) in [5.41, 5.74) is 0.852. The predicted molar refractivity (Wildman–Crippen MR) is 90.4 cm³/mol. The first-order valence-corrected chi connectivity index (χ1v) is 8.15. The maximum absolute atomic E-state index is 12.6. The van der Waals surface area contributed by atoms with Crippen molar-refractivity contribution >= 4 is 11.6 Å². The highest BCUT2D eigenvalue weighted by Crippen LogP contribution is 2.29. The lowest BCUT2D eigenvalue weighted by Gasteiger charge is -2.19. The van der Waals surface area contributed by atoms with Crippen molar-refractivity contribution in [2.24, 2.45) is 0 Å². The Kier molecular flexibility index (Phi) is 5.58. The molecule has 3 aromatic rings. The molecule has 0 bridgehead atoms. The van der Waals surface area contributed by atoms with Crippen molar-refractivity contribution in [1.29, 1.82) is 0 Å². The second-order valence-corrected chi connectivity index (χ2v) is 6.10. The number of benzene rings is 2. The van der Waals surface area contributed by atoms with Crippen molar-refractivity contribution in [2.45, 2.75) is 25.4 Å². The van der Waals surface area contributed by atoms with E-state index in [9.17, 15) is 13.2 Å². The summed E-state index contributed by atoms with van der Waals surface area (Å²) in [6.07, 6.45) is -1.70. The zero-order valence-electron chi connectivity index (χ0n) is 13.5. The first-order chi connectivity index (χ1) is 12.4. The van der Waals surface area contributed by atoms with Crippen LogP contribution in [0.15, 0.2) is 61.2 Å². The summed E-state index contributed by atoms with van der Waals surface area (Å²) >= 11 is 5.92. The first kappa shape index (κ1) is 18.4. The third-order valence-electron chi connectivity index (χ3n) is 3.79. The molecular formula is C18H15ClF3N3O. The maximum atomic E-state index is 12.6. The highest BCUT2D eigenvalue weighted by atomic mass is 35.5. The molecular weight excluding hydrogens is 367 g/mol. The van der Waals surface area contributed by atoms with Gasteiger partial charge in [0.15, 0.2) is 0 Å². The Bertz CT molecular complexity index is 818. The minimum Gasteiger partial charge on any atom is -0.367 e. The zero-order valence-corrected chi connectivity index (χ0v) is 14.3. The quantitative estimate of drug-likeness (QED) is 0.609. The minimum atomic E-state index is -4.35. The maximum Gasteiger partial charge on any atom is 0.416 e. The average molecular weight is 382 g/mol. The van der Waals surface area contributed by atoms with Crippen molar-refractivity contribution < 1.29 is 17.9 Å². The van der Waals surface area contributed by atoms with Gasteiger partial charge in [-0.15, -0.1) is 0 Å². The Balaban J connectivity index is 1.72.